The second-order valence-electron chi connectivity index (χ2n) is 9.20. The first-order valence-corrected chi connectivity index (χ1v) is 12.2. The third-order valence-corrected chi connectivity index (χ3v) is 7.96. The minimum Gasteiger partial charge on any atom is -0.368 e. The van der Waals surface area contributed by atoms with Gasteiger partial charge in [-0.15, -0.1) is 0 Å². The molecule has 4 unspecified atom stereocenters. The first-order valence-electron chi connectivity index (χ1n) is 11.5. The maximum Gasteiger partial charge on any atom is 0.108 e. The van der Waals surface area contributed by atoms with E-state index in [2.05, 4.69) is 60.5 Å². The summed E-state index contributed by atoms with van der Waals surface area (Å²) in [7, 11) is 2.29. The van der Waals surface area contributed by atoms with Crippen LogP contribution in [0.15, 0.2) is 78.9 Å². The Morgan fingerprint density at radius 1 is 0.844 bits per heavy atom. The van der Waals surface area contributed by atoms with E-state index in [4.69, 9.17) is 27.9 Å². The predicted octanol–water partition coefficient (Wildman–Crippen LogP) is 7.37. The second-order valence-corrected chi connectivity index (χ2v) is 10.1. The molecule has 2 nitrogen and oxygen atoms in total. The van der Waals surface area contributed by atoms with E-state index in [-0.39, 0.29) is 6.10 Å². The lowest BCUT2D eigenvalue weighted by Crippen LogP contribution is -2.47. The molecule has 3 aromatic carbocycles. The van der Waals surface area contributed by atoms with Crippen LogP contribution < -0.4 is 0 Å². The quantitative estimate of drug-likeness (QED) is 0.376. The molecular formula is C28H29Cl2NO. The molecule has 0 spiro atoms. The first kappa shape index (κ1) is 22.0. The smallest absolute Gasteiger partial charge is 0.108 e. The third-order valence-electron chi connectivity index (χ3n) is 7.46. The van der Waals surface area contributed by atoms with Crippen molar-refractivity contribution in [1.29, 1.82) is 0 Å². The zero-order valence-corrected chi connectivity index (χ0v) is 19.8. The fraction of sp³-hybridized carbons (Fsp3) is 0.357. The zero-order valence-electron chi connectivity index (χ0n) is 18.3. The molecule has 4 heteroatoms. The van der Waals surface area contributed by atoms with E-state index < -0.39 is 0 Å². The number of halogens is 2. The molecule has 0 saturated carbocycles. The summed E-state index contributed by atoms with van der Waals surface area (Å²) >= 11 is 12.3. The molecule has 5 atom stereocenters. The molecule has 2 aliphatic rings. The van der Waals surface area contributed by atoms with Crippen LogP contribution in [0, 0.1) is 5.92 Å². The van der Waals surface area contributed by atoms with Crippen LogP contribution >= 0.6 is 23.2 Å². The average molecular weight is 466 g/mol. The van der Waals surface area contributed by atoms with Gasteiger partial charge >= 0.3 is 0 Å². The van der Waals surface area contributed by atoms with Gasteiger partial charge < -0.3 is 9.64 Å². The van der Waals surface area contributed by atoms with Gasteiger partial charge in [0.05, 0.1) is 6.61 Å². The van der Waals surface area contributed by atoms with Gasteiger partial charge in [-0.2, -0.15) is 0 Å². The summed E-state index contributed by atoms with van der Waals surface area (Å²) in [4.78, 5) is 2.60. The van der Waals surface area contributed by atoms with Gasteiger partial charge in [0.2, 0.25) is 0 Å². The molecule has 5 rings (SSSR count). The van der Waals surface area contributed by atoms with Gasteiger partial charge in [-0.3, -0.25) is 0 Å². The fourth-order valence-electron chi connectivity index (χ4n) is 5.76. The van der Waals surface area contributed by atoms with Crippen molar-refractivity contribution in [3.63, 3.8) is 0 Å². The molecule has 2 saturated heterocycles. The summed E-state index contributed by atoms with van der Waals surface area (Å²) in [5, 5.41) is 1.54. The Kier molecular flexibility index (Phi) is 6.57. The minimum atomic E-state index is -0.108. The molecule has 3 aromatic rings. The van der Waals surface area contributed by atoms with Crippen molar-refractivity contribution in [2.75, 3.05) is 13.7 Å². The van der Waals surface area contributed by atoms with Crippen LogP contribution in [0.1, 0.15) is 48.0 Å². The summed E-state index contributed by atoms with van der Waals surface area (Å²) in [6, 6.07) is 28.2. The fourth-order valence-corrected chi connectivity index (χ4v) is 6.01. The van der Waals surface area contributed by atoms with Crippen LogP contribution in [-0.4, -0.2) is 30.6 Å². The maximum absolute atomic E-state index is 6.77. The van der Waals surface area contributed by atoms with Crippen molar-refractivity contribution >= 4 is 23.2 Å². The number of hydrogen-bond donors (Lipinski definition) is 0. The standard InChI is InChI=1S/C28H29Cl2NO/c1-31-24-15-16-27(31)26(25(17-24)19-7-11-22(29)12-8-19)18-32-28(20-5-3-2-4-6-20)21-9-13-23(30)14-10-21/h2-14,24-28H,15-18H2,1H3/t24?,25?,26-,27?,28?/m0/s1. The largest absolute Gasteiger partial charge is 0.368 e. The Morgan fingerprint density at radius 2 is 1.47 bits per heavy atom. The van der Waals surface area contributed by atoms with E-state index in [9.17, 15) is 0 Å². The van der Waals surface area contributed by atoms with E-state index in [0.717, 1.165) is 22.2 Å². The second kappa shape index (κ2) is 9.57. The SMILES string of the molecule is CN1C2CCC1[C@@H](COC(c1ccccc1)c1ccc(Cl)cc1)C(c1ccc(Cl)cc1)C2. The van der Waals surface area contributed by atoms with E-state index in [0.29, 0.717) is 23.9 Å². The summed E-state index contributed by atoms with van der Waals surface area (Å²) in [6.07, 6.45) is 3.60. The summed E-state index contributed by atoms with van der Waals surface area (Å²) in [5.74, 6) is 0.932. The van der Waals surface area contributed by atoms with E-state index in [1.165, 1.54) is 30.4 Å². The number of hydrogen-bond acceptors (Lipinski definition) is 2. The van der Waals surface area contributed by atoms with Crippen molar-refractivity contribution < 1.29 is 4.74 Å². The molecule has 2 bridgehead atoms. The summed E-state index contributed by atoms with van der Waals surface area (Å²) in [5.41, 5.74) is 3.69. The molecule has 166 valence electrons. The number of rotatable bonds is 6. The molecule has 0 aliphatic carbocycles. The van der Waals surface area contributed by atoms with Gasteiger partial charge in [0.15, 0.2) is 0 Å². The minimum absolute atomic E-state index is 0.108. The number of piperidine rings is 1. The first-order chi connectivity index (χ1) is 15.6. The van der Waals surface area contributed by atoms with Gasteiger partial charge in [0, 0.05) is 28.0 Å². The van der Waals surface area contributed by atoms with E-state index in [1.807, 2.05) is 30.3 Å². The number of ether oxygens (including phenoxy) is 1. The Hall–Kier alpha value is -1.84. The third kappa shape index (κ3) is 4.47. The van der Waals surface area contributed by atoms with Crippen LogP contribution in [0.25, 0.3) is 0 Å². The number of nitrogens with zero attached hydrogens (tertiary/aromatic N) is 1. The molecule has 2 aliphatic heterocycles. The van der Waals surface area contributed by atoms with Gasteiger partial charge in [-0.1, -0.05) is 77.8 Å². The van der Waals surface area contributed by atoms with Crippen molar-refractivity contribution in [2.24, 2.45) is 5.92 Å². The lowest BCUT2D eigenvalue weighted by Gasteiger charge is -2.43. The zero-order chi connectivity index (χ0) is 22.1. The van der Waals surface area contributed by atoms with Crippen LogP contribution in [0.5, 0.6) is 0 Å². The number of fused-ring (bicyclic) bond motifs is 2. The predicted molar refractivity (Wildman–Crippen MR) is 133 cm³/mol. The highest BCUT2D eigenvalue weighted by Gasteiger charge is 2.46. The maximum atomic E-state index is 6.77. The van der Waals surface area contributed by atoms with Gasteiger partial charge in [0.1, 0.15) is 6.10 Å². The van der Waals surface area contributed by atoms with Crippen molar-refractivity contribution in [3.05, 3.63) is 106 Å². The van der Waals surface area contributed by atoms with Crippen LogP contribution in [0.4, 0.5) is 0 Å². The highest BCUT2D eigenvalue weighted by Crippen LogP contribution is 2.47. The van der Waals surface area contributed by atoms with Gasteiger partial charge in [0.25, 0.3) is 0 Å². The Labute approximate surface area is 201 Å². The van der Waals surface area contributed by atoms with Crippen LogP contribution in [-0.2, 0) is 4.74 Å². The summed E-state index contributed by atoms with van der Waals surface area (Å²) < 4.78 is 6.77. The van der Waals surface area contributed by atoms with Gasteiger partial charge in [-0.05, 0) is 73.2 Å². The van der Waals surface area contributed by atoms with E-state index in [1.54, 1.807) is 0 Å². The molecule has 32 heavy (non-hydrogen) atoms. The molecular weight excluding hydrogens is 437 g/mol. The molecule has 2 fully saturated rings. The molecule has 0 amide bonds. The van der Waals surface area contributed by atoms with Crippen molar-refractivity contribution in [3.8, 4) is 0 Å². The topological polar surface area (TPSA) is 12.5 Å². The molecule has 0 aromatic heterocycles. The monoisotopic (exact) mass is 465 g/mol. The Morgan fingerprint density at radius 3 is 2.16 bits per heavy atom. The highest BCUT2D eigenvalue weighted by atomic mass is 35.5. The Balaban J connectivity index is 1.43. The highest BCUT2D eigenvalue weighted by molar-refractivity contribution is 6.30. The van der Waals surface area contributed by atoms with Crippen molar-refractivity contribution in [1.82, 2.24) is 4.90 Å². The summed E-state index contributed by atoms with van der Waals surface area (Å²) in [6.45, 7) is 0.719. The average Bonchev–Trinajstić information content (AvgIpc) is 3.06. The molecule has 0 N–H and O–H groups in total. The lowest BCUT2D eigenvalue weighted by molar-refractivity contribution is -0.00335. The van der Waals surface area contributed by atoms with Crippen molar-refractivity contribution in [2.45, 2.75) is 43.4 Å². The number of benzene rings is 3. The Bertz CT molecular complexity index is 1020. The van der Waals surface area contributed by atoms with Crippen LogP contribution in [0.2, 0.25) is 10.0 Å². The van der Waals surface area contributed by atoms with Crippen LogP contribution in [0.3, 0.4) is 0 Å². The van der Waals surface area contributed by atoms with E-state index >= 15 is 0 Å². The van der Waals surface area contributed by atoms with Gasteiger partial charge in [-0.25, -0.2) is 0 Å². The molecule has 0 radical (unpaired) electrons. The lowest BCUT2D eigenvalue weighted by atomic mass is 9.76. The molecule has 2 heterocycles. The normalized spacial score (nSPS) is 26.2.